The topological polar surface area (TPSA) is 111 Å². The van der Waals surface area contributed by atoms with Gasteiger partial charge in [0.25, 0.3) is 11.8 Å². The van der Waals surface area contributed by atoms with Crippen LogP contribution < -0.4 is 4.72 Å². The van der Waals surface area contributed by atoms with Crippen LogP contribution in [0.5, 0.6) is 0 Å². The van der Waals surface area contributed by atoms with Crippen LogP contribution in [-0.4, -0.2) is 55.2 Å². The molecule has 2 aliphatic rings. The lowest BCUT2D eigenvalue weighted by atomic mass is 10.1. The highest BCUT2D eigenvalue weighted by Gasteiger charge is 2.41. The van der Waals surface area contributed by atoms with E-state index < -0.39 is 33.9 Å². The Balaban J connectivity index is 0.00000132. The van der Waals surface area contributed by atoms with Gasteiger partial charge in [-0.15, -0.1) is 0 Å². The number of nitrogens with one attached hydrogen (secondary N) is 1. The Morgan fingerprint density at radius 1 is 1.00 bits per heavy atom. The quantitative estimate of drug-likeness (QED) is 0.564. The number of likely N-dealkylation sites (tertiary alicyclic amines) is 1. The number of fused-ring (bicyclic) bond motifs is 1. The smallest absolute Gasteiger partial charge is 0.261 e. The molecule has 9 heteroatoms. The van der Waals surface area contributed by atoms with E-state index in [-0.39, 0.29) is 18.0 Å². The molecule has 0 saturated carbocycles. The van der Waals surface area contributed by atoms with E-state index in [9.17, 15) is 23.3 Å². The van der Waals surface area contributed by atoms with Crippen molar-refractivity contribution in [2.75, 3.05) is 13.1 Å². The number of rotatable bonds is 5. The molecule has 1 fully saturated rings. The number of hydrogen-bond acceptors (Lipinski definition) is 6. The molecule has 2 atom stereocenters. The second kappa shape index (κ2) is 9.29. The molecule has 2 aromatic carbocycles. The maximum Gasteiger partial charge on any atom is 0.261 e. The Labute approximate surface area is 182 Å². The molecular formula is C22H24N4O4S. The average molecular weight is 441 g/mol. The van der Waals surface area contributed by atoms with Crippen LogP contribution in [0.2, 0.25) is 0 Å². The fourth-order valence-corrected chi connectivity index (χ4v) is 5.06. The Bertz CT molecular complexity index is 1080. The maximum absolute atomic E-state index is 12.6. The molecule has 31 heavy (non-hydrogen) atoms. The van der Waals surface area contributed by atoms with Gasteiger partial charge in [0, 0.05) is 12.6 Å². The van der Waals surface area contributed by atoms with Crippen LogP contribution in [0.15, 0.2) is 59.5 Å². The summed E-state index contributed by atoms with van der Waals surface area (Å²) in [6.07, 6.45) is 2.36. The van der Waals surface area contributed by atoms with Crippen molar-refractivity contribution in [1.82, 2.24) is 14.5 Å². The van der Waals surface area contributed by atoms with Crippen molar-refractivity contribution in [2.24, 2.45) is 0 Å². The van der Waals surface area contributed by atoms with Crippen molar-refractivity contribution in [3.63, 3.8) is 0 Å². The van der Waals surface area contributed by atoms with Crippen LogP contribution in [0.1, 0.15) is 41.0 Å². The second-order valence-electron chi connectivity index (χ2n) is 7.04. The van der Waals surface area contributed by atoms with Crippen molar-refractivity contribution >= 4 is 21.8 Å². The van der Waals surface area contributed by atoms with Gasteiger partial charge in [-0.2, -0.15) is 5.26 Å². The molecule has 8 nitrogen and oxygen atoms in total. The maximum atomic E-state index is 12.6. The first kappa shape index (κ1) is 22.5. The van der Waals surface area contributed by atoms with Crippen LogP contribution in [0.4, 0.5) is 0 Å². The van der Waals surface area contributed by atoms with Gasteiger partial charge in [0.1, 0.15) is 0 Å². The van der Waals surface area contributed by atoms with Gasteiger partial charge in [0.15, 0.2) is 6.19 Å². The lowest BCUT2D eigenvalue weighted by Gasteiger charge is -2.23. The molecule has 0 spiro atoms. The molecule has 162 valence electrons. The van der Waals surface area contributed by atoms with Crippen LogP contribution in [-0.2, 0) is 10.0 Å². The minimum atomic E-state index is -3.72. The first-order chi connectivity index (χ1) is 14.9. The third kappa shape index (κ3) is 4.45. The molecule has 0 radical (unpaired) electrons. The normalized spacial score (nSPS) is 20.2. The van der Waals surface area contributed by atoms with Crippen molar-refractivity contribution in [3.05, 3.63) is 65.7 Å². The standard InChI is InChI=1S/C20H18N4O4S.C2H6/c21-13-23-11-14(22-29(27,28)16-6-2-1-3-7-16)10-15(23)12-24-19(25)17-8-4-5-9-18(17)20(24)26;1-2/h1-9,14-15,22H,10-12H2;1-2H3/t14-,15-;/m1./s1. The molecule has 4 rings (SSSR count). The van der Waals surface area contributed by atoms with Gasteiger partial charge in [-0.05, 0) is 30.7 Å². The summed E-state index contributed by atoms with van der Waals surface area (Å²) < 4.78 is 27.7. The summed E-state index contributed by atoms with van der Waals surface area (Å²) in [6, 6.07) is 13.6. The molecule has 0 aliphatic carbocycles. The second-order valence-corrected chi connectivity index (χ2v) is 8.75. The summed E-state index contributed by atoms with van der Waals surface area (Å²) in [5, 5.41) is 9.46. The number of nitriles is 1. The molecule has 0 aromatic heterocycles. The first-order valence-corrected chi connectivity index (χ1v) is 11.6. The summed E-state index contributed by atoms with van der Waals surface area (Å²) in [7, 11) is -3.72. The van der Waals surface area contributed by atoms with Gasteiger partial charge in [0.05, 0.1) is 28.6 Å². The van der Waals surface area contributed by atoms with Crippen LogP contribution in [0, 0.1) is 11.5 Å². The van der Waals surface area contributed by atoms with Crippen LogP contribution >= 0.6 is 0 Å². The zero-order valence-corrected chi connectivity index (χ0v) is 18.2. The van der Waals surface area contributed by atoms with Crippen LogP contribution in [0.25, 0.3) is 0 Å². The molecule has 2 aliphatic heterocycles. The van der Waals surface area contributed by atoms with Gasteiger partial charge >= 0.3 is 0 Å². The Morgan fingerprint density at radius 2 is 1.55 bits per heavy atom. The number of sulfonamides is 1. The van der Waals surface area contributed by atoms with Gasteiger partial charge in [-0.3, -0.25) is 14.5 Å². The molecule has 2 aromatic rings. The summed E-state index contributed by atoms with van der Waals surface area (Å²) in [5.41, 5.74) is 0.695. The predicted octanol–water partition coefficient (Wildman–Crippen LogP) is 2.21. The fraction of sp³-hybridized carbons (Fsp3) is 0.318. The van der Waals surface area contributed by atoms with E-state index in [2.05, 4.69) is 4.72 Å². The van der Waals surface area contributed by atoms with Crippen molar-refractivity contribution < 1.29 is 18.0 Å². The van der Waals surface area contributed by atoms with Crippen LogP contribution in [0.3, 0.4) is 0 Å². The number of amides is 2. The van der Waals surface area contributed by atoms with E-state index in [1.165, 1.54) is 17.0 Å². The van der Waals surface area contributed by atoms with Gasteiger partial charge in [0.2, 0.25) is 10.0 Å². The van der Waals surface area contributed by atoms with E-state index in [1.807, 2.05) is 20.0 Å². The number of imide groups is 1. The largest absolute Gasteiger partial charge is 0.304 e. The number of nitrogens with zero attached hydrogens (tertiary/aromatic N) is 3. The highest BCUT2D eigenvalue weighted by molar-refractivity contribution is 7.89. The molecule has 2 heterocycles. The summed E-state index contributed by atoms with van der Waals surface area (Å²) in [4.78, 5) is 27.9. The highest BCUT2D eigenvalue weighted by atomic mass is 32.2. The summed E-state index contributed by atoms with van der Waals surface area (Å²) >= 11 is 0. The minimum absolute atomic E-state index is 0.0312. The van der Waals surface area contributed by atoms with E-state index in [0.29, 0.717) is 17.5 Å². The SMILES string of the molecule is CC.N#CN1C[C@H](NS(=O)(=O)c2ccccc2)C[C@@H]1CN1C(=O)c2ccccc2C1=O. The molecule has 1 saturated heterocycles. The number of hydrogen-bond donors (Lipinski definition) is 1. The number of benzene rings is 2. The van der Waals surface area contributed by atoms with Crippen molar-refractivity contribution in [2.45, 2.75) is 37.2 Å². The Kier molecular flexibility index (Phi) is 6.73. The van der Waals surface area contributed by atoms with Crippen molar-refractivity contribution in [1.29, 1.82) is 5.26 Å². The molecule has 0 bridgehead atoms. The molecule has 1 N–H and O–H groups in total. The van der Waals surface area contributed by atoms with E-state index >= 15 is 0 Å². The van der Waals surface area contributed by atoms with E-state index in [1.54, 1.807) is 42.5 Å². The first-order valence-electron chi connectivity index (χ1n) is 10.1. The third-order valence-electron chi connectivity index (χ3n) is 5.19. The summed E-state index contributed by atoms with van der Waals surface area (Å²) in [5.74, 6) is -0.784. The highest BCUT2D eigenvalue weighted by Crippen LogP contribution is 2.26. The third-order valence-corrected chi connectivity index (χ3v) is 6.73. The van der Waals surface area contributed by atoms with Gasteiger partial charge in [-0.1, -0.05) is 44.2 Å². The average Bonchev–Trinajstić information content (AvgIpc) is 3.29. The summed E-state index contributed by atoms with van der Waals surface area (Å²) in [6.45, 7) is 4.21. The minimum Gasteiger partial charge on any atom is -0.304 e. The van der Waals surface area contributed by atoms with E-state index in [0.717, 1.165) is 4.90 Å². The number of carbonyl (C=O) groups is 2. The zero-order chi connectivity index (χ0) is 22.6. The zero-order valence-electron chi connectivity index (χ0n) is 17.4. The fourth-order valence-electron chi connectivity index (χ4n) is 3.80. The molecule has 2 amide bonds. The Hall–Kier alpha value is -3.22. The predicted molar refractivity (Wildman–Crippen MR) is 114 cm³/mol. The van der Waals surface area contributed by atoms with Gasteiger partial charge < -0.3 is 4.90 Å². The molecular weight excluding hydrogens is 416 g/mol. The monoisotopic (exact) mass is 440 g/mol. The van der Waals surface area contributed by atoms with E-state index in [4.69, 9.17) is 0 Å². The Morgan fingerprint density at radius 3 is 2.10 bits per heavy atom. The number of carbonyl (C=O) groups excluding carboxylic acids is 2. The lowest BCUT2D eigenvalue weighted by Crippen LogP contribution is -2.41. The lowest BCUT2D eigenvalue weighted by molar-refractivity contribution is 0.0624. The molecule has 0 unspecified atom stereocenters. The van der Waals surface area contributed by atoms with Crippen molar-refractivity contribution in [3.8, 4) is 6.19 Å². The van der Waals surface area contributed by atoms with Gasteiger partial charge in [-0.25, -0.2) is 13.1 Å².